The molecule has 0 radical (unpaired) electrons. The van der Waals surface area contributed by atoms with Crippen LogP contribution in [0.3, 0.4) is 0 Å². The third-order valence-electron chi connectivity index (χ3n) is 1.64. The van der Waals surface area contributed by atoms with Gasteiger partial charge in [-0.3, -0.25) is 9.79 Å². The Morgan fingerprint density at radius 2 is 2.07 bits per heavy atom. The SMILES string of the molecule is O=C/C(C=NCc1ccccc1)=C/O. The molecule has 14 heavy (non-hydrogen) atoms. The number of nitrogens with zero attached hydrogens (tertiary/aromatic N) is 1. The fourth-order valence-corrected chi connectivity index (χ4v) is 0.934. The lowest BCUT2D eigenvalue weighted by Crippen LogP contribution is -1.87. The van der Waals surface area contributed by atoms with Gasteiger partial charge in [0.05, 0.1) is 18.4 Å². The van der Waals surface area contributed by atoms with Crippen molar-refractivity contribution >= 4 is 12.5 Å². The molecule has 0 spiro atoms. The molecule has 0 amide bonds. The van der Waals surface area contributed by atoms with Crippen molar-refractivity contribution in [3.8, 4) is 0 Å². The lowest BCUT2D eigenvalue weighted by molar-refractivity contribution is -0.104. The first-order valence-corrected chi connectivity index (χ1v) is 4.20. The number of hydrogen-bond acceptors (Lipinski definition) is 3. The van der Waals surface area contributed by atoms with E-state index in [-0.39, 0.29) is 5.57 Å². The van der Waals surface area contributed by atoms with E-state index in [4.69, 9.17) is 5.11 Å². The molecule has 0 bridgehead atoms. The molecule has 1 aromatic rings. The van der Waals surface area contributed by atoms with Gasteiger partial charge >= 0.3 is 0 Å². The summed E-state index contributed by atoms with van der Waals surface area (Å²) in [5.74, 6) is 0. The van der Waals surface area contributed by atoms with Crippen molar-refractivity contribution in [1.29, 1.82) is 0 Å². The van der Waals surface area contributed by atoms with Crippen LogP contribution >= 0.6 is 0 Å². The average Bonchev–Trinajstić information content (AvgIpc) is 2.26. The molecule has 1 aromatic carbocycles. The zero-order valence-corrected chi connectivity index (χ0v) is 7.63. The highest BCUT2D eigenvalue weighted by molar-refractivity contribution is 6.01. The van der Waals surface area contributed by atoms with Gasteiger partial charge in [-0.2, -0.15) is 0 Å². The molecule has 0 fully saturated rings. The highest BCUT2D eigenvalue weighted by Crippen LogP contribution is 1.99. The molecule has 0 heterocycles. The second-order valence-electron chi connectivity index (χ2n) is 2.70. The van der Waals surface area contributed by atoms with Crippen LogP contribution < -0.4 is 0 Å². The third kappa shape index (κ3) is 3.23. The maximum Gasteiger partial charge on any atom is 0.154 e. The maximum absolute atomic E-state index is 10.3. The molecule has 0 saturated carbocycles. The fourth-order valence-electron chi connectivity index (χ4n) is 0.934. The summed E-state index contributed by atoms with van der Waals surface area (Å²) in [6.45, 7) is 0.506. The monoisotopic (exact) mass is 189 g/mol. The van der Waals surface area contributed by atoms with Crippen molar-refractivity contribution in [2.24, 2.45) is 4.99 Å². The number of benzene rings is 1. The molecule has 0 aliphatic rings. The topological polar surface area (TPSA) is 49.7 Å². The molecule has 0 aliphatic heterocycles. The van der Waals surface area contributed by atoms with Crippen molar-refractivity contribution in [1.82, 2.24) is 0 Å². The number of aliphatic hydroxyl groups is 1. The molecule has 0 aromatic heterocycles. The van der Waals surface area contributed by atoms with Gasteiger partial charge in [-0.25, -0.2) is 0 Å². The van der Waals surface area contributed by atoms with Crippen LogP contribution in [-0.2, 0) is 11.3 Å². The first-order chi connectivity index (χ1) is 6.86. The minimum atomic E-state index is 0.168. The van der Waals surface area contributed by atoms with Crippen LogP contribution in [0.1, 0.15) is 5.56 Å². The molecular weight excluding hydrogens is 178 g/mol. The Hall–Kier alpha value is -1.90. The summed E-state index contributed by atoms with van der Waals surface area (Å²) in [6, 6.07) is 9.67. The molecule has 72 valence electrons. The van der Waals surface area contributed by atoms with Gasteiger partial charge in [-0.1, -0.05) is 30.3 Å². The van der Waals surface area contributed by atoms with Crippen LogP contribution in [0.25, 0.3) is 0 Å². The summed E-state index contributed by atoms with van der Waals surface area (Å²) in [5.41, 5.74) is 1.23. The number of aldehydes is 1. The van der Waals surface area contributed by atoms with E-state index in [1.165, 1.54) is 6.21 Å². The summed E-state index contributed by atoms with van der Waals surface area (Å²) in [5, 5.41) is 8.54. The highest BCUT2D eigenvalue weighted by atomic mass is 16.2. The zero-order chi connectivity index (χ0) is 10.2. The van der Waals surface area contributed by atoms with Crippen LogP contribution in [0.4, 0.5) is 0 Å². The van der Waals surface area contributed by atoms with E-state index in [9.17, 15) is 4.79 Å². The van der Waals surface area contributed by atoms with Crippen LogP contribution in [-0.4, -0.2) is 17.6 Å². The summed E-state index contributed by atoms with van der Waals surface area (Å²) in [6.07, 6.45) is 2.63. The predicted molar refractivity (Wildman–Crippen MR) is 55.4 cm³/mol. The van der Waals surface area contributed by atoms with Gasteiger partial charge < -0.3 is 5.11 Å². The second-order valence-corrected chi connectivity index (χ2v) is 2.70. The molecule has 0 atom stereocenters. The van der Waals surface area contributed by atoms with E-state index < -0.39 is 0 Å². The molecular formula is C11H11NO2. The van der Waals surface area contributed by atoms with Gasteiger partial charge in [0, 0.05) is 6.21 Å². The second kappa shape index (κ2) is 5.70. The van der Waals surface area contributed by atoms with Gasteiger partial charge in [-0.15, -0.1) is 0 Å². The smallest absolute Gasteiger partial charge is 0.154 e. The molecule has 3 heteroatoms. The van der Waals surface area contributed by atoms with E-state index in [1.54, 1.807) is 0 Å². The molecule has 0 saturated heterocycles. The van der Waals surface area contributed by atoms with E-state index in [0.717, 1.165) is 11.8 Å². The Balaban J connectivity index is 2.53. The lowest BCUT2D eigenvalue weighted by atomic mass is 10.2. The fraction of sp³-hybridized carbons (Fsp3) is 0.0909. The standard InChI is InChI=1S/C11H11NO2/c13-8-11(9-14)7-12-6-10-4-2-1-3-5-10/h1-5,7-9,13H,6H2/b11-8+,12-7?. The van der Waals surface area contributed by atoms with Crippen LogP contribution in [0.2, 0.25) is 0 Å². The third-order valence-corrected chi connectivity index (χ3v) is 1.64. The van der Waals surface area contributed by atoms with E-state index in [1.807, 2.05) is 30.3 Å². The summed E-state index contributed by atoms with van der Waals surface area (Å²) in [7, 11) is 0. The number of aliphatic imine (C=N–C) groups is 1. The number of allylic oxidation sites excluding steroid dienone is 1. The largest absolute Gasteiger partial charge is 0.515 e. The predicted octanol–water partition coefficient (Wildman–Crippen LogP) is 1.90. The van der Waals surface area contributed by atoms with Crippen molar-refractivity contribution < 1.29 is 9.90 Å². The highest BCUT2D eigenvalue weighted by Gasteiger charge is 1.89. The Labute approximate surface area is 82.4 Å². The molecule has 1 rings (SSSR count). The normalized spacial score (nSPS) is 11.9. The van der Waals surface area contributed by atoms with Gasteiger partial charge in [0.25, 0.3) is 0 Å². The van der Waals surface area contributed by atoms with E-state index >= 15 is 0 Å². The summed E-state index contributed by atoms with van der Waals surface area (Å²) < 4.78 is 0. The number of aliphatic hydroxyl groups excluding tert-OH is 1. The number of carbonyl (C=O) groups is 1. The van der Waals surface area contributed by atoms with Gasteiger partial charge in [0.2, 0.25) is 0 Å². The first kappa shape index (κ1) is 10.2. The van der Waals surface area contributed by atoms with Crippen LogP contribution in [0, 0.1) is 0 Å². The summed E-state index contributed by atoms with van der Waals surface area (Å²) in [4.78, 5) is 14.3. The van der Waals surface area contributed by atoms with Crippen LogP contribution in [0.5, 0.6) is 0 Å². The quantitative estimate of drug-likeness (QED) is 0.340. The average molecular weight is 189 g/mol. The van der Waals surface area contributed by atoms with Crippen molar-refractivity contribution in [3.63, 3.8) is 0 Å². The molecule has 0 unspecified atom stereocenters. The summed E-state index contributed by atoms with van der Waals surface area (Å²) >= 11 is 0. The van der Waals surface area contributed by atoms with Crippen LogP contribution in [0.15, 0.2) is 47.2 Å². The first-order valence-electron chi connectivity index (χ1n) is 4.20. The molecule has 0 aliphatic carbocycles. The Morgan fingerprint density at radius 1 is 1.36 bits per heavy atom. The van der Waals surface area contributed by atoms with Gasteiger partial charge in [-0.05, 0) is 5.56 Å². The molecule has 1 N–H and O–H groups in total. The Kier molecular flexibility index (Phi) is 4.14. The number of hydrogen-bond donors (Lipinski definition) is 1. The minimum absolute atomic E-state index is 0.168. The number of carbonyl (C=O) groups excluding carboxylic acids is 1. The van der Waals surface area contributed by atoms with Gasteiger partial charge in [0.1, 0.15) is 0 Å². The number of rotatable bonds is 4. The van der Waals surface area contributed by atoms with Crippen molar-refractivity contribution in [2.75, 3.05) is 0 Å². The molecule has 3 nitrogen and oxygen atoms in total. The minimum Gasteiger partial charge on any atom is -0.515 e. The van der Waals surface area contributed by atoms with E-state index in [0.29, 0.717) is 12.8 Å². The zero-order valence-electron chi connectivity index (χ0n) is 7.63. The Bertz CT molecular complexity index is 342. The van der Waals surface area contributed by atoms with E-state index in [2.05, 4.69) is 4.99 Å². The maximum atomic E-state index is 10.3. The van der Waals surface area contributed by atoms with Crippen molar-refractivity contribution in [2.45, 2.75) is 6.54 Å². The lowest BCUT2D eigenvalue weighted by Gasteiger charge is -1.93. The Morgan fingerprint density at radius 3 is 2.64 bits per heavy atom. The van der Waals surface area contributed by atoms with Gasteiger partial charge in [0.15, 0.2) is 6.29 Å². The van der Waals surface area contributed by atoms with Crippen molar-refractivity contribution in [3.05, 3.63) is 47.7 Å².